The SMILES string of the molecule is COc1ccc(C(=O)Oc2ccc(N=c3cc(-c4ccc(OC)cc4)oc4ccc(C)cc34)cc2)cc1. The number of benzene rings is 4. The molecule has 0 fully saturated rings. The van der Waals surface area contributed by atoms with Crippen molar-refractivity contribution in [2.24, 2.45) is 4.99 Å². The van der Waals surface area contributed by atoms with Gasteiger partial charge in [-0.05, 0) is 91.9 Å². The number of nitrogens with zero attached hydrogens (tertiary/aromatic N) is 1. The van der Waals surface area contributed by atoms with Crippen molar-refractivity contribution in [3.63, 3.8) is 0 Å². The van der Waals surface area contributed by atoms with E-state index in [-0.39, 0.29) is 0 Å². The quantitative estimate of drug-likeness (QED) is 0.191. The fourth-order valence-electron chi connectivity index (χ4n) is 3.89. The van der Waals surface area contributed by atoms with E-state index >= 15 is 0 Å². The minimum absolute atomic E-state index is 0.433. The first-order valence-corrected chi connectivity index (χ1v) is 11.7. The second-order valence-corrected chi connectivity index (χ2v) is 8.45. The van der Waals surface area contributed by atoms with E-state index in [0.717, 1.165) is 38.9 Å². The predicted octanol–water partition coefficient (Wildman–Crippen LogP) is 6.88. The molecule has 0 aliphatic carbocycles. The Kier molecular flexibility index (Phi) is 6.72. The number of carbonyl (C=O) groups is 1. The van der Waals surface area contributed by atoms with Crippen LogP contribution in [0.4, 0.5) is 5.69 Å². The van der Waals surface area contributed by atoms with E-state index < -0.39 is 5.97 Å². The van der Waals surface area contributed by atoms with Gasteiger partial charge in [-0.25, -0.2) is 9.79 Å². The van der Waals surface area contributed by atoms with Gasteiger partial charge in [0.25, 0.3) is 0 Å². The topological polar surface area (TPSA) is 70.3 Å². The van der Waals surface area contributed by atoms with Crippen LogP contribution in [0, 0.1) is 6.92 Å². The second-order valence-electron chi connectivity index (χ2n) is 8.45. The smallest absolute Gasteiger partial charge is 0.343 e. The average molecular weight is 492 g/mol. The molecule has 0 N–H and O–H groups in total. The Hall–Kier alpha value is -4.84. The van der Waals surface area contributed by atoms with E-state index in [1.807, 2.05) is 61.5 Å². The van der Waals surface area contributed by atoms with Gasteiger partial charge in [0.15, 0.2) is 0 Å². The molecule has 6 heteroatoms. The van der Waals surface area contributed by atoms with E-state index in [9.17, 15) is 4.79 Å². The Morgan fingerprint density at radius 2 is 1.35 bits per heavy atom. The molecule has 37 heavy (non-hydrogen) atoms. The van der Waals surface area contributed by atoms with Gasteiger partial charge < -0.3 is 18.6 Å². The summed E-state index contributed by atoms with van der Waals surface area (Å²) in [7, 11) is 3.22. The van der Waals surface area contributed by atoms with Crippen molar-refractivity contribution < 1.29 is 23.4 Å². The van der Waals surface area contributed by atoms with Crippen molar-refractivity contribution in [1.29, 1.82) is 0 Å². The van der Waals surface area contributed by atoms with Crippen LogP contribution in [-0.4, -0.2) is 20.2 Å². The molecule has 0 aliphatic heterocycles. The van der Waals surface area contributed by atoms with Crippen molar-refractivity contribution in [2.45, 2.75) is 6.92 Å². The van der Waals surface area contributed by atoms with Crippen molar-refractivity contribution in [3.05, 3.63) is 114 Å². The normalized spacial score (nSPS) is 11.4. The summed E-state index contributed by atoms with van der Waals surface area (Å²) in [6, 6.07) is 29.5. The van der Waals surface area contributed by atoms with E-state index in [4.69, 9.17) is 23.6 Å². The maximum absolute atomic E-state index is 12.5. The molecule has 0 spiro atoms. The molecular formula is C31H25NO5. The zero-order valence-electron chi connectivity index (χ0n) is 20.7. The zero-order chi connectivity index (χ0) is 25.8. The lowest BCUT2D eigenvalue weighted by molar-refractivity contribution is 0.0734. The second kappa shape index (κ2) is 10.4. The third-order valence-electron chi connectivity index (χ3n) is 5.90. The van der Waals surface area contributed by atoms with Crippen LogP contribution in [-0.2, 0) is 0 Å². The third kappa shape index (κ3) is 5.38. The summed E-state index contributed by atoms with van der Waals surface area (Å²) in [5.74, 6) is 2.14. The first kappa shape index (κ1) is 23.9. The van der Waals surface area contributed by atoms with Gasteiger partial charge in [0.2, 0.25) is 0 Å². The molecule has 6 nitrogen and oxygen atoms in total. The van der Waals surface area contributed by atoms with Crippen LogP contribution < -0.4 is 19.6 Å². The largest absolute Gasteiger partial charge is 0.497 e. The molecule has 4 aromatic carbocycles. The molecule has 0 atom stereocenters. The highest BCUT2D eigenvalue weighted by atomic mass is 16.5. The Morgan fingerprint density at radius 3 is 2.00 bits per heavy atom. The van der Waals surface area contributed by atoms with Crippen LogP contribution in [0.3, 0.4) is 0 Å². The molecule has 5 rings (SSSR count). The molecule has 184 valence electrons. The van der Waals surface area contributed by atoms with Crippen LogP contribution in [0.15, 0.2) is 106 Å². The summed E-state index contributed by atoms with van der Waals surface area (Å²) >= 11 is 0. The van der Waals surface area contributed by atoms with E-state index in [1.165, 1.54) is 0 Å². The lowest BCUT2D eigenvalue weighted by Gasteiger charge is -2.07. The molecule has 0 radical (unpaired) electrons. The van der Waals surface area contributed by atoms with Crippen molar-refractivity contribution >= 4 is 22.6 Å². The molecule has 0 saturated heterocycles. The molecule has 0 unspecified atom stereocenters. The van der Waals surface area contributed by atoms with Gasteiger partial charge in [0.1, 0.15) is 28.6 Å². The van der Waals surface area contributed by atoms with Crippen molar-refractivity contribution in [1.82, 2.24) is 0 Å². The molecule has 1 aromatic heterocycles. The van der Waals surface area contributed by atoms with Crippen LogP contribution in [0.5, 0.6) is 17.2 Å². The third-order valence-corrected chi connectivity index (χ3v) is 5.90. The van der Waals surface area contributed by atoms with Crippen molar-refractivity contribution in [3.8, 4) is 28.6 Å². The maximum atomic E-state index is 12.5. The van der Waals surface area contributed by atoms with Crippen LogP contribution in [0.2, 0.25) is 0 Å². The number of carbonyl (C=O) groups excluding carboxylic acids is 1. The number of rotatable bonds is 6. The standard InChI is InChI=1S/C31H25NO5/c1-20-4-17-29-27(18-20)28(19-30(37-29)21-5-11-24(34-2)12-6-21)32-23-9-15-26(16-10-23)36-31(33)22-7-13-25(35-3)14-8-22/h4-19H,1-3H3. The lowest BCUT2D eigenvalue weighted by atomic mass is 10.1. The molecule has 0 amide bonds. The predicted molar refractivity (Wildman–Crippen MR) is 143 cm³/mol. The fourth-order valence-corrected chi connectivity index (χ4v) is 3.89. The van der Waals surface area contributed by atoms with E-state index in [0.29, 0.717) is 22.8 Å². The number of methoxy groups -OCH3 is 2. The number of aryl methyl sites for hydroxylation is 1. The minimum atomic E-state index is -0.442. The summed E-state index contributed by atoms with van der Waals surface area (Å²) in [6.07, 6.45) is 0. The number of hydrogen-bond acceptors (Lipinski definition) is 6. The summed E-state index contributed by atoms with van der Waals surface area (Å²) in [4.78, 5) is 17.4. The Balaban J connectivity index is 1.46. The van der Waals surface area contributed by atoms with Gasteiger partial charge in [0, 0.05) is 17.0 Å². The Labute approximate surface area is 214 Å². The average Bonchev–Trinajstić information content (AvgIpc) is 2.94. The van der Waals surface area contributed by atoms with Gasteiger partial charge in [-0.3, -0.25) is 0 Å². The maximum Gasteiger partial charge on any atom is 0.343 e. The van der Waals surface area contributed by atoms with Gasteiger partial charge in [-0.1, -0.05) is 11.6 Å². The van der Waals surface area contributed by atoms with Crippen LogP contribution >= 0.6 is 0 Å². The Bertz CT molecular complexity index is 1620. The molecule has 0 aliphatic rings. The lowest BCUT2D eigenvalue weighted by Crippen LogP contribution is -2.08. The number of hydrogen-bond donors (Lipinski definition) is 0. The molecule has 0 bridgehead atoms. The first-order chi connectivity index (χ1) is 18.0. The van der Waals surface area contributed by atoms with Crippen molar-refractivity contribution in [2.75, 3.05) is 14.2 Å². The highest BCUT2D eigenvalue weighted by Gasteiger charge is 2.10. The van der Waals surface area contributed by atoms with Gasteiger partial charge in [0.05, 0.1) is 30.8 Å². The van der Waals surface area contributed by atoms with E-state index in [2.05, 4.69) is 6.07 Å². The first-order valence-electron chi connectivity index (χ1n) is 11.7. The van der Waals surface area contributed by atoms with Gasteiger partial charge >= 0.3 is 5.97 Å². The molecular weight excluding hydrogens is 466 g/mol. The summed E-state index contributed by atoms with van der Waals surface area (Å²) in [6.45, 7) is 2.03. The van der Waals surface area contributed by atoms with Crippen LogP contribution in [0.25, 0.3) is 22.3 Å². The van der Waals surface area contributed by atoms with Gasteiger partial charge in [-0.15, -0.1) is 0 Å². The number of ether oxygens (including phenoxy) is 3. The molecule has 5 aromatic rings. The van der Waals surface area contributed by atoms with Gasteiger partial charge in [-0.2, -0.15) is 0 Å². The summed E-state index contributed by atoms with van der Waals surface area (Å²) in [5.41, 5.74) is 3.93. The fraction of sp³-hybridized carbons (Fsp3) is 0.0968. The summed E-state index contributed by atoms with van der Waals surface area (Å²) in [5, 5.41) is 1.69. The molecule has 1 heterocycles. The zero-order valence-corrected chi connectivity index (χ0v) is 20.7. The number of esters is 1. The monoisotopic (exact) mass is 491 g/mol. The highest BCUT2D eigenvalue weighted by Crippen LogP contribution is 2.26. The highest BCUT2D eigenvalue weighted by molar-refractivity contribution is 5.91. The Morgan fingerprint density at radius 1 is 0.730 bits per heavy atom. The van der Waals surface area contributed by atoms with E-state index in [1.54, 1.807) is 50.6 Å². The van der Waals surface area contributed by atoms with Crippen LogP contribution in [0.1, 0.15) is 15.9 Å². The minimum Gasteiger partial charge on any atom is -0.497 e. The summed E-state index contributed by atoms with van der Waals surface area (Å²) < 4.78 is 22.1. The number of fused-ring (bicyclic) bond motifs is 1. The molecule has 0 saturated carbocycles.